The van der Waals surface area contributed by atoms with Crippen molar-refractivity contribution in [2.75, 3.05) is 44.1 Å². The molecular weight excluding hydrogens is 328 g/mol. The molecule has 1 aliphatic rings. The fourth-order valence-electron chi connectivity index (χ4n) is 3.36. The molecule has 1 fully saturated rings. The molecule has 0 spiro atoms. The van der Waals surface area contributed by atoms with E-state index in [1.54, 1.807) is 14.2 Å². The Labute approximate surface area is 155 Å². The van der Waals surface area contributed by atoms with E-state index in [0.717, 1.165) is 67.0 Å². The fraction of sp³-hybridized carbons (Fsp3) is 0.500. The summed E-state index contributed by atoms with van der Waals surface area (Å²) in [7, 11) is 3.37. The van der Waals surface area contributed by atoms with Gasteiger partial charge in [-0.15, -0.1) is 0 Å². The summed E-state index contributed by atoms with van der Waals surface area (Å²) < 4.78 is 10.8. The Morgan fingerprint density at radius 1 is 1.12 bits per heavy atom. The van der Waals surface area contributed by atoms with Crippen LogP contribution in [0.25, 0.3) is 0 Å². The maximum absolute atomic E-state index is 5.39. The molecule has 0 amide bonds. The lowest BCUT2D eigenvalue weighted by Gasteiger charge is -2.20. The highest BCUT2D eigenvalue weighted by Gasteiger charge is 2.23. The number of rotatable bonds is 7. The number of aryl methyl sites for hydroxylation is 2. The number of benzene rings is 1. The zero-order valence-corrected chi connectivity index (χ0v) is 16.1. The van der Waals surface area contributed by atoms with Crippen molar-refractivity contribution < 1.29 is 9.47 Å². The maximum atomic E-state index is 5.39. The fourth-order valence-corrected chi connectivity index (χ4v) is 3.36. The number of anilines is 2. The monoisotopic (exact) mass is 356 g/mol. The second-order valence-electron chi connectivity index (χ2n) is 6.70. The molecule has 1 unspecified atom stereocenters. The third kappa shape index (κ3) is 4.36. The van der Waals surface area contributed by atoms with Crippen LogP contribution in [0.4, 0.5) is 11.5 Å². The van der Waals surface area contributed by atoms with E-state index >= 15 is 0 Å². The Bertz CT molecular complexity index is 728. The van der Waals surface area contributed by atoms with Crippen molar-refractivity contribution in [2.45, 2.75) is 26.7 Å². The summed E-state index contributed by atoms with van der Waals surface area (Å²) in [5.41, 5.74) is 2.23. The predicted molar refractivity (Wildman–Crippen MR) is 105 cm³/mol. The Hall–Kier alpha value is -2.50. The third-order valence-electron chi connectivity index (χ3n) is 4.81. The van der Waals surface area contributed by atoms with E-state index in [-0.39, 0.29) is 0 Å². The number of nitrogens with zero attached hydrogens (tertiary/aromatic N) is 3. The van der Waals surface area contributed by atoms with Crippen molar-refractivity contribution in [3.63, 3.8) is 0 Å². The molecule has 2 heterocycles. The van der Waals surface area contributed by atoms with Gasteiger partial charge in [-0.1, -0.05) is 6.92 Å². The number of hydrogen-bond acceptors (Lipinski definition) is 6. The molecule has 140 valence electrons. The van der Waals surface area contributed by atoms with E-state index in [9.17, 15) is 0 Å². The lowest BCUT2D eigenvalue weighted by Crippen LogP contribution is -2.22. The van der Waals surface area contributed by atoms with Crippen LogP contribution in [0.1, 0.15) is 24.9 Å². The van der Waals surface area contributed by atoms with Gasteiger partial charge in [-0.25, -0.2) is 9.97 Å². The molecule has 0 bridgehead atoms. The van der Waals surface area contributed by atoms with Crippen molar-refractivity contribution in [1.29, 1.82) is 0 Å². The minimum atomic E-state index is 0.576. The van der Waals surface area contributed by atoms with E-state index in [4.69, 9.17) is 9.47 Å². The van der Waals surface area contributed by atoms with Gasteiger partial charge in [0.15, 0.2) is 0 Å². The highest BCUT2D eigenvalue weighted by Crippen LogP contribution is 2.31. The Morgan fingerprint density at radius 3 is 2.50 bits per heavy atom. The summed E-state index contributed by atoms with van der Waals surface area (Å²) in [6.07, 6.45) is 2.07. The SMILES string of the molecule is CCc1cc(NCC2CCN(c3cc(OC)cc(OC)c3)C2)nc(C)n1. The average Bonchev–Trinajstić information content (AvgIpc) is 3.14. The highest BCUT2D eigenvalue weighted by molar-refractivity contribution is 5.56. The Balaban J connectivity index is 1.61. The quantitative estimate of drug-likeness (QED) is 0.821. The summed E-state index contributed by atoms with van der Waals surface area (Å²) in [5.74, 6) is 3.97. The molecule has 0 aliphatic carbocycles. The Kier molecular flexibility index (Phi) is 5.81. The summed E-state index contributed by atoms with van der Waals surface area (Å²) >= 11 is 0. The van der Waals surface area contributed by atoms with Crippen LogP contribution in [0.3, 0.4) is 0 Å². The van der Waals surface area contributed by atoms with Crippen LogP contribution in [-0.2, 0) is 6.42 Å². The zero-order valence-electron chi connectivity index (χ0n) is 16.1. The maximum Gasteiger partial charge on any atom is 0.129 e. The topological polar surface area (TPSA) is 59.5 Å². The van der Waals surface area contributed by atoms with Crippen molar-refractivity contribution in [2.24, 2.45) is 5.92 Å². The summed E-state index contributed by atoms with van der Waals surface area (Å²) in [5, 5.41) is 3.49. The largest absolute Gasteiger partial charge is 0.497 e. The highest BCUT2D eigenvalue weighted by atomic mass is 16.5. The molecule has 1 atom stereocenters. The van der Waals surface area contributed by atoms with E-state index in [1.165, 1.54) is 0 Å². The van der Waals surface area contributed by atoms with Crippen molar-refractivity contribution >= 4 is 11.5 Å². The molecule has 26 heavy (non-hydrogen) atoms. The van der Waals surface area contributed by atoms with Crippen LogP contribution in [0.15, 0.2) is 24.3 Å². The van der Waals surface area contributed by atoms with Crippen LogP contribution in [0.2, 0.25) is 0 Å². The number of ether oxygens (including phenoxy) is 2. The van der Waals surface area contributed by atoms with Gasteiger partial charge in [0.1, 0.15) is 23.1 Å². The van der Waals surface area contributed by atoms with E-state index in [2.05, 4.69) is 39.2 Å². The first kappa shape index (κ1) is 18.3. The van der Waals surface area contributed by atoms with Crippen LogP contribution >= 0.6 is 0 Å². The molecule has 1 saturated heterocycles. The lowest BCUT2D eigenvalue weighted by atomic mass is 10.1. The van der Waals surface area contributed by atoms with Gasteiger partial charge in [-0.05, 0) is 25.7 Å². The smallest absolute Gasteiger partial charge is 0.129 e. The first-order valence-electron chi connectivity index (χ1n) is 9.17. The summed E-state index contributed by atoms with van der Waals surface area (Å²) in [4.78, 5) is 11.3. The van der Waals surface area contributed by atoms with Gasteiger partial charge >= 0.3 is 0 Å². The first-order chi connectivity index (χ1) is 12.6. The standard InChI is InChI=1S/C20H28N4O2/c1-5-16-8-20(23-14(2)22-16)21-12-15-6-7-24(13-15)17-9-18(25-3)11-19(10-17)26-4/h8-11,15H,5-7,12-13H2,1-4H3,(H,21,22,23). The van der Waals surface area contributed by atoms with Gasteiger partial charge in [-0.3, -0.25) is 0 Å². The van der Waals surface area contributed by atoms with Gasteiger partial charge in [0.05, 0.1) is 14.2 Å². The number of methoxy groups -OCH3 is 2. The van der Waals surface area contributed by atoms with Crippen LogP contribution in [0.5, 0.6) is 11.5 Å². The first-order valence-corrected chi connectivity index (χ1v) is 9.17. The van der Waals surface area contributed by atoms with E-state index in [1.807, 2.05) is 19.1 Å². The molecule has 1 aromatic carbocycles. The molecule has 6 nitrogen and oxygen atoms in total. The molecule has 1 aromatic heterocycles. The molecule has 0 radical (unpaired) electrons. The minimum absolute atomic E-state index is 0.576. The Morgan fingerprint density at radius 2 is 1.85 bits per heavy atom. The molecule has 1 N–H and O–H groups in total. The van der Waals surface area contributed by atoms with Gasteiger partial charge in [0.25, 0.3) is 0 Å². The lowest BCUT2D eigenvalue weighted by molar-refractivity contribution is 0.394. The van der Waals surface area contributed by atoms with Gasteiger partial charge in [-0.2, -0.15) is 0 Å². The van der Waals surface area contributed by atoms with Gasteiger partial charge in [0, 0.05) is 55.3 Å². The predicted octanol–water partition coefficient (Wildman–Crippen LogP) is 3.30. The second-order valence-corrected chi connectivity index (χ2v) is 6.70. The van der Waals surface area contributed by atoms with Gasteiger partial charge < -0.3 is 19.7 Å². The zero-order chi connectivity index (χ0) is 18.5. The second kappa shape index (κ2) is 8.25. The molecule has 3 rings (SSSR count). The van der Waals surface area contributed by atoms with E-state index in [0.29, 0.717) is 5.92 Å². The molecule has 0 saturated carbocycles. The minimum Gasteiger partial charge on any atom is -0.497 e. The van der Waals surface area contributed by atoms with Crippen LogP contribution in [0, 0.1) is 12.8 Å². The molecule has 1 aliphatic heterocycles. The van der Waals surface area contributed by atoms with E-state index < -0.39 is 0 Å². The molecular formula is C20H28N4O2. The van der Waals surface area contributed by atoms with Crippen molar-refractivity contribution in [3.05, 3.63) is 35.8 Å². The summed E-state index contributed by atoms with van der Waals surface area (Å²) in [6, 6.07) is 8.09. The van der Waals surface area contributed by atoms with Gasteiger partial charge in [0.2, 0.25) is 0 Å². The third-order valence-corrected chi connectivity index (χ3v) is 4.81. The number of aromatic nitrogens is 2. The van der Waals surface area contributed by atoms with Crippen molar-refractivity contribution in [3.8, 4) is 11.5 Å². The van der Waals surface area contributed by atoms with Crippen LogP contribution < -0.4 is 19.7 Å². The number of hydrogen-bond donors (Lipinski definition) is 1. The molecule has 6 heteroatoms. The normalized spacial score (nSPS) is 16.6. The van der Waals surface area contributed by atoms with Crippen molar-refractivity contribution in [1.82, 2.24) is 9.97 Å². The number of nitrogens with one attached hydrogen (secondary N) is 1. The summed E-state index contributed by atoms with van der Waals surface area (Å²) in [6.45, 7) is 7.01. The molecule has 2 aromatic rings. The van der Waals surface area contributed by atoms with Crippen LogP contribution in [-0.4, -0.2) is 43.8 Å². The average molecular weight is 356 g/mol.